The molecule has 0 aliphatic rings. The van der Waals surface area contributed by atoms with Crippen molar-refractivity contribution in [3.8, 4) is 0 Å². The summed E-state index contributed by atoms with van der Waals surface area (Å²) in [7, 11) is 1.35. The number of esters is 1. The van der Waals surface area contributed by atoms with Crippen LogP contribution in [-0.4, -0.2) is 13.1 Å². The van der Waals surface area contributed by atoms with Crippen molar-refractivity contribution < 1.29 is 9.53 Å². The zero-order valence-corrected chi connectivity index (χ0v) is 11.9. The zero-order chi connectivity index (χ0) is 14.7. The second-order valence-corrected chi connectivity index (χ2v) is 4.76. The van der Waals surface area contributed by atoms with E-state index in [1.807, 2.05) is 26.0 Å². The standard InChI is InChI=1S/C16H18N2O2/c1-10-7-11(2)9-12(8-10)18-15-13(16(19)20-3)5-4-6-14(15)17/h4-9,18H,17H2,1-3H3. The average Bonchev–Trinajstić information content (AvgIpc) is 2.39. The molecular weight excluding hydrogens is 252 g/mol. The number of carbonyl (C=O) groups is 1. The number of hydrogen-bond donors (Lipinski definition) is 2. The molecule has 4 nitrogen and oxygen atoms in total. The van der Waals surface area contributed by atoms with E-state index in [1.54, 1.807) is 18.2 Å². The minimum Gasteiger partial charge on any atom is -0.465 e. The summed E-state index contributed by atoms with van der Waals surface area (Å²) < 4.78 is 4.78. The van der Waals surface area contributed by atoms with Crippen LogP contribution in [0.5, 0.6) is 0 Å². The van der Waals surface area contributed by atoms with Gasteiger partial charge in [-0.1, -0.05) is 12.1 Å². The fraction of sp³-hybridized carbons (Fsp3) is 0.188. The molecule has 0 bridgehead atoms. The molecule has 3 N–H and O–H groups in total. The van der Waals surface area contributed by atoms with E-state index in [0.717, 1.165) is 16.8 Å². The van der Waals surface area contributed by atoms with Gasteiger partial charge in [0.2, 0.25) is 0 Å². The maximum absolute atomic E-state index is 11.8. The van der Waals surface area contributed by atoms with Gasteiger partial charge in [0.05, 0.1) is 24.0 Å². The Kier molecular flexibility index (Phi) is 3.94. The van der Waals surface area contributed by atoms with Gasteiger partial charge in [0, 0.05) is 5.69 Å². The van der Waals surface area contributed by atoms with Crippen LogP contribution in [0.2, 0.25) is 0 Å². The third-order valence-corrected chi connectivity index (χ3v) is 2.99. The monoisotopic (exact) mass is 270 g/mol. The van der Waals surface area contributed by atoms with Crippen molar-refractivity contribution in [3.63, 3.8) is 0 Å². The fourth-order valence-electron chi connectivity index (χ4n) is 2.18. The third-order valence-electron chi connectivity index (χ3n) is 2.99. The molecule has 0 saturated carbocycles. The molecular formula is C16H18N2O2. The number of rotatable bonds is 3. The molecule has 104 valence electrons. The van der Waals surface area contributed by atoms with Crippen molar-refractivity contribution in [2.24, 2.45) is 0 Å². The largest absolute Gasteiger partial charge is 0.465 e. The van der Waals surface area contributed by atoms with Crippen molar-refractivity contribution >= 4 is 23.0 Å². The molecule has 2 rings (SSSR count). The van der Waals surface area contributed by atoms with E-state index in [-0.39, 0.29) is 0 Å². The number of anilines is 3. The number of carbonyl (C=O) groups excluding carboxylic acids is 1. The normalized spacial score (nSPS) is 10.2. The number of methoxy groups -OCH3 is 1. The van der Waals surface area contributed by atoms with Crippen LogP contribution in [0, 0.1) is 13.8 Å². The van der Waals surface area contributed by atoms with Gasteiger partial charge in [-0.3, -0.25) is 0 Å². The molecule has 0 radical (unpaired) electrons. The molecule has 0 atom stereocenters. The minimum atomic E-state index is -0.413. The summed E-state index contributed by atoms with van der Waals surface area (Å²) in [6, 6.07) is 11.3. The summed E-state index contributed by atoms with van der Waals surface area (Å²) in [6.45, 7) is 4.04. The average molecular weight is 270 g/mol. The number of para-hydroxylation sites is 1. The second kappa shape index (κ2) is 5.65. The molecule has 0 aromatic heterocycles. The third kappa shape index (κ3) is 2.91. The molecule has 0 unspecified atom stereocenters. The SMILES string of the molecule is COC(=O)c1cccc(N)c1Nc1cc(C)cc(C)c1. The van der Waals surface area contributed by atoms with E-state index in [2.05, 4.69) is 11.4 Å². The fourth-order valence-corrected chi connectivity index (χ4v) is 2.18. The molecule has 4 heteroatoms. The Morgan fingerprint density at radius 1 is 1.15 bits per heavy atom. The summed E-state index contributed by atoms with van der Waals surface area (Å²) in [5.41, 5.74) is 10.6. The minimum absolute atomic E-state index is 0.413. The molecule has 20 heavy (non-hydrogen) atoms. The molecule has 0 aliphatic carbocycles. The Bertz CT molecular complexity index is 631. The summed E-state index contributed by atoms with van der Waals surface area (Å²) in [4.78, 5) is 11.8. The molecule has 0 amide bonds. The lowest BCUT2D eigenvalue weighted by molar-refractivity contribution is 0.0602. The second-order valence-electron chi connectivity index (χ2n) is 4.76. The smallest absolute Gasteiger partial charge is 0.340 e. The van der Waals surface area contributed by atoms with Gasteiger partial charge in [-0.15, -0.1) is 0 Å². The molecule has 0 spiro atoms. The number of benzene rings is 2. The lowest BCUT2D eigenvalue weighted by Gasteiger charge is -2.14. The Balaban J connectivity index is 2.44. The van der Waals surface area contributed by atoms with E-state index < -0.39 is 5.97 Å². The number of ether oxygens (including phenoxy) is 1. The van der Waals surface area contributed by atoms with Crippen LogP contribution in [0.1, 0.15) is 21.5 Å². The van der Waals surface area contributed by atoms with Crippen molar-refractivity contribution in [1.82, 2.24) is 0 Å². The Morgan fingerprint density at radius 2 is 1.80 bits per heavy atom. The summed E-state index contributed by atoms with van der Waals surface area (Å²) in [5, 5.41) is 3.21. The number of hydrogen-bond acceptors (Lipinski definition) is 4. The molecule has 2 aromatic carbocycles. The topological polar surface area (TPSA) is 64.3 Å². The first-order valence-corrected chi connectivity index (χ1v) is 6.33. The van der Waals surface area contributed by atoms with Crippen LogP contribution >= 0.6 is 0 Å². The van der Waals surface area contributed by atoms with Gasteiger partial charge in [-0.2, -0.15) is 0 Å². The first kappa shape index (κ1) is 13.9. The quantitative estimate of drug-likeness (QED) is 0.662. The lowest BCUT2D eigenvalue weighted by Crippen LogP contribution is -2.08. The van der Waals surface area contributed by atoms with Crippen LogP contribution < -0.4 is 11.1 Å². The van der Waals surface area contributed by atoms with Crippen molar-refractivity contribution in [2.45, 2.75) is 13.8 Å². The molecule has 0 saturated heterocycles. The Morgan fingerprint density at radius 3 is 2.40 bits per heavy atom. The van der Waals surface area contributed by atoms with Gasteiger partial charge < -0.3 is 15.8 Å². The van der Waals surface area contributed by atoms with Gasteiger partial charge in [0.25, 0.3) is 0 Å². The van der Waals surface area contributed by atoms with Crippen molar-refractivity contribution in [2.75, 3.05) is 18.2 Å². The van der Waals surface area contributed by atoms with E-state index in [1.165, 1.54) is 7.11 Å². The van der Waals surface area contributed by atoms with Gasteiger partial charge in [0.1, 0.15) is 0 Å². The van der Waals surface area contributed by atoms with Gasteiger partial charge >= 0.3 is 5.97 Å². The summed E-state index contributed by atoms with van der Waals surface area (Å²) in [5.74, 6) is -0.413. The van der Waals surface area contributed by atoms with E-state index >= 15 is 0 Å². The van der Waals surface area contributed by atoms with Crippen LogP contribution in [0.3, 0.4) is 0 Å². The Hall–Kier alpha value is -2.49. The summed E-state index contributed by atoms with van der Waals surface area (Å²) >= 11 is 0. The summed E-state index contributed by atoms with van der Waals surface area (Å²) in [6.07, 6.45) is 0. The van der Waals surface area contributed by atoms with Gasteiger partial charge in [-0.05, 0) is 49.2 Å². The van der Waals surface area contributed by atoms with E-state index in [0.29, 0.717) is 16.9 Å². The highest BCUT2D eigenvalue weighted by Gasteiger charge is 2.14. The number of aryl methyl sites for hydroxylation is 2. The van der Waals surface area contributed by atoms with E-state index in [9.17, 15) is 4.79 Å². The first-order valence-electron chi connectivity index (χ1n) is 6.33. The molecule has 0 fully saturated rings. The maximum Gasteiger partial charge on any atom is 0.340 e. The number of nitrogens with two attached hydrogens (primary N) is 1. The van der Waals surface area contributed by atoms with Crippen LogP contribution in [0.25, 0.3) is 0 Å². The maximum atomic E-state index is 11.8. The molecule has 0 aliphatic heterocycles. The van der Waals surface area contributed by atoms with Gasteiger partial charge in [0.15, 0.2) is 0 Å². The zero-order valence-electron chi connectivity index (χ0n) is 11.9. The van der Waals surface area contributed by atoms with Crippen molar-refractivity contribution in [1.29, 1.82) is 0 Å². The Labute approximate surface area is 118 Å². The van der Waals surface area contributed by atoms with E-state index in [4.69, 9.17) is 10.5 Å². The van der Waals surface area contributed by atoms with Gasteiger partial charge in [-0.25, -0.2) is 4.79 Å². The highest BCUT2D eigenvalue weighted by atomic mass is 16.5. The highest BCUT2D eigenvalue weighted by Crippen LogP contribution is 2.28. The number of nitrogens with one attached hydrogen (secondary N) is 1. The van der Waals surface area contributed by atoms with Crippen LogP contribution in [0.4, 0.5) is 17.1 Å². The molecule has 2 aromatic rings. The van der Waals surface area contributed by atoms with Crippen LogP contribution in [-0.2, 0) is 4.74 Å². The van der Waals surface area contributed by atoms with Crippen molar-refractivity contribution in [3.05, 3.63) is 53.1 Å². The highest BCUT2D eigenvalue weighted by molar-refractivity contribution is 5.99. The van der Waals surface area contributed by atoms with Crippen LogP contribution in [0.15, 0.2) is 36.4 Å². The predicted molar refractivity (Wildman–Crippen MR) is 81.4 cm³/mol. The number of nitrogen functional groups attached to an aromatic ring is 1. The lowest BCUT2D eigenvalue weighted by atomic mass is 10.1. The first-order chi connectivity index (χ1) is 9.51. The molecule has 0 heterocycles. The predicted octanol–water partition coefficient (Wildman–Crippen LogP) is 3.42.